The van der Waals surface area contributed by atoms with E-state index in [0.717, 1.165) is 31.6 Å². The summed E-state index contributed by atoms with van der Waals surface area (Å²) in [6.07, 6.45) is 6.50. The molecule has 0 saturated heterocycles. The maximum absolute atomic E-state index is 11.8. The Morgan fingerprint density at radius 3 is 2.83 bits per heavy atom. The minimum Gasteiger partial charge on any atom is -0.480 e. The molecule has 1 atom stereocenters. The lowest BCUT2D eigenvalue weighted by Crippen LogP contribution is -2.57. The number of carboxylic acids is 1. The third-order valence-electron chi connectivity index (χ3n) is 3.69. The molecule has 0 aliphatic heterocycles. The van der Waals surface area contributed by atoms with Crippen LogP contribution in [0.3, 0.4) is 0 Å². The smallest absolute Gasteiger partial charge is 0.326 e. The zero-order chi connectivity index (χ0) is 13.2. The Labute approximate surface area is 107 Å². The number of nitrogens with zero attached hydrogens (tertiary/aromatic N) is 2. The monoisotopic (exact) mass is 251 g/mol. The molecule has 2 rings (SSSR count). The van der Waals surface area contributed by atoms with Crippen LogP contribution < -0.4 is 5.32 Å². The first kappa shape index (κ1) is 13.1. The first-order valence-corrected chi connectivity index (χ1v) is 6.56. The van der Waals surface area contributed by atoms with E-state index >= 15 is 0 Å². The maximum Gasteiger partial charge on any atom is 0.326 e. The van der Waals surface area contributed by atoms with Crippen molar-refractivity contribution in [1.29, 1.82) is 0 Å². The topological polar surface area (TPSA) is 67.2 Å². The van der Waals surface area contributed by atoms with Crippen molar-refractivity contribution in [3.8, 4) is 0 Å². The highest BCUT2D eigenvalue weighted by molar-refractivity contribution is 5.79. The minimum atomic E-state index is -0.832. The molecule has 1 saturated carbocycles. The lowest BCUT2D eigenvalue weighted by molar-refractivity contribution is -0.146. The predicted molar refractivity (Wildman–Crippen MR) is 68.3 cm³/mol. The zero-order valence-electron chi connectivity index (χ0n) is 11.0. The molecule has 1 aromatic rings. The molecule has 1 heterocycles. The van der Waals surface area contributed by atoms with Crippen LogP contribution in [0.5, 0.6) is 0 Å². The van der Waals surface area contributed by atoms with E-state index in [0.29, 0.717) is 6.54 Å². The Morgan fingerprint density at radius 1 is 1.67 bits per heavy atom. The second kappa shape index (κ2) is 5.10. The van der Waals surface area contributed by atoms with E-state index in [1.165, 1.54) is 0 Å². The number of nitrogens with one attached hydrogen (secondary N) is 1. The summed E-state index contributed by atoms with van der Waals surface area (Å²) < 4.78 is 1.93. The molecular weight excluding hydrogens is 230 g/mol. The van der Waals surface area contributed by atoms with Gasteiger partial charge < -0.3 is 15.0 Å². The molecule has 1 aromatic heterocycles. The van der Waals surface area contributed by atoms with Crippen LogP contribution >= 0.6 is 0 Å². The molecule has 1 unspecified atom stereocenters. The summed E-state index contributed by atoms with van der Waals surface area (Å²) in [5.41, 5.74) is -0.832. The Bertz CT molecular complexity index is 426. The summed E-state index contributed by atoms with van der Waals surface area (Å²) in [6, 6.07) is 0. The molecule has 5 nitrogen and oxygen atoms in total. The first-order chi connectivity index (χ1) is 8.60. The molecule has 100 valence electrons. The largest absolute Gasteiger partial charge is 0.480 e. The third kappa shape index (κ3) is 2.41. The molecule has 2 N–H and O–H groups in total. The van der Waals surface area contributed by atoms with Crippen LogP contribution in [0.4, 0.5) is 0 Å². The lowest BCUT2D eigenvalue weighted by atomic mass is 9.92. The molecule has 0 amide bonds. The standard InChI is InChI=1S/C13H21N3O2/c1-3-6-15-13(12(17)18,11-4-5-11)9-16-8-7-14-10(16)2/h7-8,11,15H,3-6,9H2,1-2H3,(H,17,18). The van der Waals surface area contributed by atoms with E-state index in [9.17, 15) is 9.90 Å². The molecule has 1 aliphatic carbocycles. The highest BCUT2D eigenvalue weighted by atomic mass is 16.4. The van der Waals surface area contributed by atoms with Gasteiger partial charge >= 0.3 is 5.97 Å². The van der Waals surface area contributed by atoms with Gasteiger partial charge in [0, 0.05) is 12.4 Å². The van der Waals surface area contributed by atoms with Crippen LogP contribution in [-0.2, 0) is 11.3 Å². The Kier molecular flexibility index (Phi) is 3.71. The van der Waals surface area contributed by atoms with Crippen LogP contribution in [-0.4, -0.2) is 32.7 Å². The quantitative estimate of drug-likeness (QED) is 0.769. The SMILES string of the molecule is CCCNC(Cn1ccnc1C)(C(=O)O)C1CC1. The Balaban J connectivity index is 2.22. The first-order valence-electron chi connectivity index (χ1n) is 6.56. The highest BCUT2D eigenvalue weighted by Gasteiger charge is 2.51. The van der Waals surface area contributed by atoms with Crippen LogP contribution in [0, 0.1) is 12.8 Å². The van der Waals surface area contributed by atoms with Gasteiger partial charge in [-0.25, -0.2) is 4.98 Å². The fourth-order valence-corrected chi connectivity index (χ4v) is 2.41. The fraction of sp³-hybridized carbons (Fsp3) is 0.692. The number of aryl methyl sites for hydroxylation is 1. The van der Waals surface area contributed by atoms with Gasteiger partial charge in [-0.2, -0.15) is 0 Å². The van der Waals surface area contributed by atoms with Crippen molar-refractivity contribution in [3.05, 3.63) is 18.2 Å². The number of carbonyl (C=O) groups is 1. The number of hydrogen-bond acceptors (Lipinski definition) is 3. The van der Waals surface area contributed by atoms with Gasteiger partial charge in [-0.05, 0) is 38.6 Å². The van der Waals surface area contributed by atoms with Crippen molar-refractivity contribution in [2.24, 2.45) is 5.92 Å². The molecule has 5 heteroatoms. The molecule has 0 spiro atoms. The van der Waals surface area contributed by atoms with Crippen molar-refractivity contribution in [1.82, 2.24) is 14.9 Å². The van der Waals surface area contributed by atoms with Gasteiger partial charge in [0.25, 0.3) is 0 Å². The van der Waals surface area contributed by atoms with Crippen molar-refractivity contribution < 1.29 is 9.90 Å². The van der Waals surface area contributed by atoms with Gasteiger partial charge in [-0.1, -0.05) is 6.92 Å². The molecule has 1 fully saturated rings. The average Bonchev–Trinajstić information content (AvgIpc) is 3.10. The van der Waals surface area contributed by atoms with Crippen LogP contribution in [0.15, 0.2) is 12.4 Å². The summed E-state index contributed by atoms with van der Waals surface area (Å²) in [5, 5.41) is 12.9. The van der Waals surface area contributed by atoms with Crippen LogP contribution in [0.1, 0.15) is 32.0 Å². The summed E-state index contributed by atoms with van der Waals surface area (Å²) in [6.45, 7) is 5.14. The summed E-state index contributed by atoms with van der Waals surface area (Å²) >= 11 is 0. The summed E-state index contributed by atoms with van der Waals surface area (Å²) in [5.74, 6) is 0.356. The highest BCUT2D eigenvalue weighted by Crippen LogP contribution is 2.41. The van der Waals surface area contributed by atoms with E-state index in [4.69, 9.17) is 0 Å². The number of aromatic nitrogens is 2. The van der Waals surface area contributed by atoms with Crippen molar-refractivity contribution in [2.45, 2.75) is 45.2 Å². The van der Waals surface area contributed by atoms with Gasteiger partial charge in [-0.15, -0.1) is 0 Å². The van der Waals surface area contributed by atoms with Gasteiger partial charge in [0.05, 0.1) is 6.54 Å². The van der Waals surface area contributed by atoms with Gasteiger partial charge in [0.2, 0.25) is 0 Å². The van der Waals surface area contributed by atoms with E-state index in [-0.39, 0.29) is 5.92 Å². The van der Waals surface area contributed by atoms with E-state index in [2.05, 4.69) is 17.2 Å². The minimum absolute atomic E-state index is 0.239. The maximum atomic E-state index is 11.8. The van der Waals surface area contributed by atoms with Gasteiger partial charge in [0.1, 0.15) is 11.4 Å². The number of rotatable bonds is 7. The summed E-state index contributed by atoms with van der Waals surface area (Å²) in [4.78, 5) is 15.9. The van der Waals surface area contributed by atoms with Crippen molar-refractivity contribution in [2.75, 3.05) is 6.54 Å². The normalized spacial score (nSPS) is 18.6. The van der Waals surface area contributed by atoms with Crippen molar-refractivity contribution in [3.63, 3.8) is 0 Å². The second-order valence-corrected chi connectivity index (χ2v) is 5.08. The van der Waals surface area contributed by atoms with Gasteiger partial charge in [-0.3, -0.25) is 4.79 Å². The Morgan fingerprint density at radius 2 is 2.39 bits per heavy atom. The van der Waals surface area contributed by atoms with E-state index < -0.39 is 11.5 Å². The molecule has 0 aromatic carbocycles. The second-order valence-electron chi connectivity index (χ2n) is 5.08. The molecule has 1 aliphatic rings. The van der Waals surface area contributed by atoms with Crippen LogP contribution in [0.25, 0.3) is 0 Å². The van der Waals surface area contributed by atoms with Gasteiger partial charge in [0.15, 0.2) is 0 Å². The molecule has 0 bridgehead atoms. The lowest BCUT2D eigenvalue weighted by Gasteiger charge is -2.31. The molecule has 18 heavy (non-hydrogen) atoms. The number of hydrogen-bond donors (Lipinski definition) is 2. The number of aliphatic carboxylic acids is 1. The van der Waals surface area contributed by atoms with E-state index in [1.54, 1.807) is 6.20 Å². The van der Waals surface area contributed by atoms with E-state index in [1.807, 2.05) is 17.7 Å². The molecular formula is C13H21N3O2. The zero-order valence-corrected chi connectivity index (χ0v) is 11.0. The Hall–Kier alpha value is -1.36. The third-order valence-corrected chi connectivity index (χ3v) is 3.69. The molecule has 0 radical (unpaired) electrons. The van der Waals surface area contributed by atoms with Crippen LogP contribution in [0.2, 0.25) is 0 Å². The number of carboxylic acid groups (broad SMARTS) is 1. The number of imidazole rings is 1. The average molecular weight is 251 g/mol. The summed E-state index contributed by atoms with van der Waals surface area (Å²) in [7, 11) is 0. The van der Waals surface area contributed by atoms with Crippen molar-refractivity contribution >= 4 is 5.97 Å². The fourth-order valence-electron chi connectivity index (χ4n) is 2.41. The predicted octanol–water partition coefficient (Wildman–Crippen LogP) is 1.42.